The Morgan fingerprint density at radius 2 is 1.91 bits per heavy atom. The summed E-state index contributed by atoms with van der Waals surface area (Å²) >= 11 is 0. The van der Waals surface area contributed by atoms with Crippen LogP contribution >= 0.6 is 0 Å². The molecule has 1 aromatic rings. The molecule has 2 saturated heterocycles. The van der Waals surface area contributed by atoms with Crippen molar-refractivity contribution >= 4 is 22.0 Å². The van der Waals surface area contributed by atoms with E-state index in [-0.39, 0.29) is 17.2 Å². The molecule has 0 unspecified atom stereocenters. The zero-order valence-corrected chi connectivity index (χ0v) is 19.3. The fraction of sp³-hybridized carbons (Fsp3) is 0.650. The van der Waals surface area contributed by atoms with Crippen molar-refractivity contribution in [3.63, 3.8) is 0 Å². The van der Waals surface area contributed by atoms with E-state index in [1.165, 1.54) is 0 Å². The van der Waals surface area contributed by atoms with Crippen LogP contribution in [0.3, 0.4) is 0 Å². The van der Waals surface area contributed by atoms with Gasteiger partial charge in [-0.15, -0.1) is 0 Å². The number of carboxylic acid groups (broad SMARTS) is 1. The molecule has 0 aliphatic carbocycles. The maximum absolute atomic E-state index is 13.0. The number of halogens is 3. The summed E-state index contributed by atoms with van der Waals surface area (Å²) in [4.78, 5) is 27.0. The predicted octanol–water partition coefficient (Wildman–Crippen LogP) is 2.31. The zero-order valence-electron chi connectivity index (χ0n) is 18.5. The molecule has 3 heterocycles. The smallest absolute Gasteiger partial charge is 0.475 e. The highest BCUT2D eigenvalue weighted by Crippen LogP contribution is 2.35. The molecule has 186 valence electrons. The molecule has 0 bridgehead atoms. The van der Waals surface area contributed by atoms with Gasteiger partial charge in [0, 0.05) is 45.1 Å². The SMILES string of the molecule is CC(C)CNC(=O)N1CC[C@@H]2CN(Cc3cccnc3)S(=O)(=O)[C@@H]2CC1.O=C(O)C(F)(F)F. The van der Waals surface area contributed by atoms with Gasteiger partial charge in [0.1, 0.15) is 0 Å². The highest BCUT2D eigenvalue weighted by Gasteiger charge is 2.47. The minimum Gasteiger partial charge on any atom is -0.475 e. The van der Waals surface area contributed by atoms with Gasteiger partial charge in [-0.05, 0) is 36.3 Å². The number of carbonyl (C=O) groups excluding carboxylic acids is 1. The largest absolute Gasteiger partial charge is 0.490 e. The number of nitrogens with one attached hydrogen (secondary N) is 1. The lowest BCUT2D eigenvalue weighted by Crippen LogP contribution is -2.42. The Bertz CT molecular complexity index is 912. The van der Waals surface area contributed by atoms with Gasteiger partial charge in [-0.3, -0.25) is 4.98 Å². The maximum atomic E-state index is 13.0. The summed E-state index contributed by atoms with van der Waals surface area (Å²) in [5.74, 6) is -2.28. The standard InChI is InChI=1S/C18H28N4O3S.C2HF3O2/c1-14(2)10-20-18(23)21-8-5-16-13-22(12-15-4-3-7-19-11-15)26(24,25)17(16)6-9-21;3-2(4,5)1(6)7/h3-4,7,11,14,16-17H,5-6,8-10,12-13H2,1-2H3,(H,20,23);(H,6,7)/t16-,17-;/m1./s1. The van der Waals surface area contributed by atoms with Crippen molar-refractivity contribution in [1.29, 1.82) is 0 Å². The first-order valence-electron chi connectivity index (χ1n) is 10.5. The van der Waals surface area contributed by atoms with Crippen LogP contribution in [0.15, 0.2) is 24.5 Å². The molecule has 9 nitrogen and oxygen atoms in total. The summed E-state index contributed by atoms with van der Waals surface area (Å²) in [5, 5.41) is 9.67. The molecule has 13 heteroatoms. The molecule has 0 spiro atoms. The number of aromatic nitrogens is 1. The molecular weight excluding hydrogens is 465 g/mol. The molecule has 0 radical (unpaired) electrons. The van der Waals surface area contributed by atoms with Crippen LogP contribution in [0.5, 0.6) is 0 Å². The van der Waals surface area contributed by atoms with Crippen LogP contribution in [0.2, 0.25) is 0 Å². The molecular formula is C20H29F3N4O5S. The van der Waals surface area contributed by atoms with E-state index < -0.39 is 22.2 Å². The summed E-state index contributed by atoms with van der Waals surface area (Å²) in [5.41, 5.74) is 0.905. The molecule has 2 aliphatic heterocycles. The lowest BCUT2D eigenvalue weighted by atomic mass is 10.0. The molecule has 0 aromatic carbocycles. The number of urea groups is 1. The molecule has 1 aromatic heterocycles. The number of fused-ring (bicyclic) bond motifs is 1. The Labute approximate surface area is 191 Å². The number of carboxylic acids is 1. The number of sulfonamides is 1. The third kappa shape index (κ3) is 7.56. The predicted molar refractivity (Wildman–Crippen MR) is 114 cm³/mol. The Hall–Kier alpha value is -2.41. The Morgan fingerprint density at radius 3 is 2.45 bits per heavy atom. The third-order valence-electron chi connectivity index (χ3n) is 5.43. The van der Waals surface area contributed by atoms with E-state index >= 15 is 0 Å². The number of hydrogen-bond acceptors (Lipinski definition) is 5. The van der Waals surface area contributed by atoms with Crippen LogP contribution in [-0.4, -0.2) is 77.3 Å². The number of rotatable bonds is 4. The molecule has 33 heavy (non-hydrogen) atoms. The number of carbonyl (C=O) groups is 2. The van der Waals surface area contributed by atoms with Crippen molar-refractivity contribution in [2.24, 2.45) is 11.8 Å². The van der Waals surface area contributed by atoms with Gasteiger partial charge < -0.3 is 15.3 Å². The first-order chi connectivity index (χ1) is 15.3. The van der Waals surface area contributed by atoms with E-state index in [1.807, 2.05) is 12.1 Å². The Balaban J connectivity index is 0.000000479. The average Bonchev–Trinajstić information content (AvgIpc) is 2.86. The van der Waals surface area contributed by atoms with Crippen LogP contribution in [0.1, 0.15) is 32.3 Å². The van der Waals surface area contributed by atoms with E-state index in [0.29, 0.717) is 45.1 Å². The molecule has 2 fully saturated rings. The normalized spacial score (nSPS) is 22.7. The fourth-order valence-corrected chi connectivity index (χ4v) is 5.98. The van der Waals surface area contributed by atoms with Crippen molar-refractivity contribution in [1.82, 2.24) is 19.5 Å². The van der Waals surface area contributed by atoms with Crippen molar-refractivity contribution in [2.45, 2.75) is 44.7 Å². The first kappa shape index (κ1) is 26.8. The highest BCUT2D eigenvalue weighted by molar-refractivity contribution is 7.90. The molecule has 2 N–H and O–H groups in total. The summed E-state index contributed by atoms with van der Waals surface area (Å²) in [7, 11) is -3.34. The summed E-state index contributed by atoms with van der Waals surface area (Å²) in [6.07, 6.45) is -0.455. The number of likely N-dealkylation sites (tertiary alicyclic amines) is 1. The van der Waals surface area contributed by atoms with E-state index in [2.05, 4.69) is 24.1 Å². The van der Waals surface area contributed by atoms with Gasteiger partial charge in [-0.1, -0.05) is 19.9 Å². The summed E-state index contributed by atoms with van der Waals surface area (Å²) in [6, 6.07) is 3.64. The molecule has 2 aliphatic rings. The average molecular weight is 495 g/mol. The second-order valence-electron chi connectivity index (χ2n) is 8.44. The maximum Gasteiger partial charge on any atom is 0.490 e. The van der Waals surface area contributed by atoms with E-state index in [4.69, 9.17) is 9.90 Å². The Kier molecular flexibility index (Phi) is 9.06. The fourth-order valence-electron chi connectivity index (χ4n) is 3.75. The molecule has 2 atom stereocenters. The van der Waals surface area contributed by atoms with E-state index in [9.17, 15) is 26.4 Å². The minimum atomic E-state index is -5.08. The highest BCUT2D eigenvalue weighted by atomic mass is 32.2. The number of aliphatic carboxylic acids is 1. The molecule has 0 saturated carbocycles. The third-order valence-corrected chi connectivity index (χ3v) is 7.82. The van der Waals surface area contributed by atoms with Gasteiger partial charge in [0.05, 0.1) is 5.25 Å². The molecule has 2 amide bonds. The lowest BCUT2D eigenvalue weighted by molar-refractivity contribution is -0.192. The number of amides is 2. The lowest BCUT2D eigenvalue weighted by Gasteiger charge is -2.23. The number of alkyl halides is 3. The van der Waals surface area contributed by atoms with Crippen LogP contribution < -0.4 is 5.32 Å². The first-order valence-corrected chi connectivity index (χ1v) is 12.0. The van der Waals surface area contributed by atoms with Crippen molar-refractivity contribution in [3.05, 3.63) is 30.1 Å². The van der Waals surface area contributed by atoms with Gasteiger partial charge in [-0.25, -0.2) is 18.0 Å². The molecule has 3 rings (SSSR count). The van der Waals surface area contributed by atoms with Gasteiger partial charge >= 0.3 is 18.2 Å². The number of nitrogens with zero attached hydrogens (tertiary/aromatic N) is 3. The monoisotopic (exact) mass is 494 g/mol. The van der Waals surface area contributed by atoms with Gasteiger partial charge in [-0.2, -0.15) is 17.5 Å². The second kappa shape index (κ2) is 11.1. The van der Waals surface area contributed by atoms with Gasteiger partial charge in [0.25, 0.3) is 0 Å². The van der Waals surface area contributed by atoms with Crippen LogP contribution in [0, 0.1) is 11.8 Å². The minimum absolute atomic E-state index is 0.0803. The Morgan fingerprint density at radius 1 is 1.27 bits per heavy atom. The van der Waals surface area contributed by atoms with Crippen molar-refractivity contribution < 1.29 is 36.3 Å². The summed E-state index contributed by atoms with van der Waals surface area (Å²) < 4.78 is 59.3. The zero-order chi connectivity index (χ0) is 24.8. The summed E-state index contributed by atoms with van der Waals surface area (Å²) in [6.45, 7) is 6.75. The van der Waals surface area contributed by atoms with Crippen LogP contribution in [0.4, 0.5) is 18.0 Å². The van der Waals surface area contributed by atoms with Crippen molar-refractivity contribution in [3.8, 4) is 0 Å². The van der Waals surface area contributed by atoms with E-state index in [0.717, 1.165) is 12.0 Å². The van der Waals surface area contributed by atoms with Gasteiger partial charge in [0.2, 0.25) is 10.0 Å². The van der Waals surface area contributed by atoms with E-state index in [1.54, 1.807) is 21.6 Å². The quantitative estimate of drug-likeness (QED) is 0.663. The van der Waals surface area contributed by atoms with Crippen molar-refractivity contribution in [2.75, 3.05) is 26.2 Å². The van der Waals surface area contributed by atoms with Crippen LogP contribution in [0.25, 0.3) is 0 Å². The second-order valence-corrected chi connectivity index (χ2v) is 10.6. The number of hydrogen-bond donors (Lipinski definition) is 2. The van der Waals surface area contributed by atoms with Gasteiger partial charge in [0.15, 0.2) is 0 Å². The van der Waals surface area contributed by atoms with Crippen LogP contribution in [-0.2, 0) is 21.4 Å². The topological polar surface area (TPSA) is 120 Å². The number of pyridine rings is 1.